The zero-order valence-electron chi connectivity index (χ0n) is 8.92. The van der Waals surface area contributed by atoms with Crippen molar-refractivity contribution in [1.82, 2.24) is 10.6 Å². The SMILES string of the molecule is CCC(N)NC(=O)[C@H](C)NC(C)C. The van der Waals surface area contributed by atoms with E-state index >= 15 is 0 Å². The zero-order valence-corrected chi connectivity index (χ0v) is 8.92. The summed E-state index contributed by atoms with van der Waals surface area (Å²) in [6.45, 7) is 7.77. The lowest BCUT2D eigenvalue weighted by Crippen LogP contribution is -2.50. The monoisotopic (exact) mass is 187 g/mol. The molecule has 0 heterocycles. The predicted octanol–water partition coefficient (Wildman–Crippen LogP) is 0.184. The topological polar surface area (TPSA) is 67.1 Å². The van der Waals surface area contributed by atoms with E-state index in [0.717, 1.165) is 6.42 Å². The van der Waals surface area contributed by atoms with Gasteiger partial charge in [-0.15, -0.1) is 0 Å². The molecule has 0 saturated heterocycles. The van der Waals surface area contributed by atoms with Gasteiger partial charge in [-0.25, -0.2) is 0 Å². The summed E-state index contributed by atoms with van der Waals surface area (Å²) in [6, 6.07) is 0.121. The average Bonchev–Trinajstić information content (AvgIpc) is 2.02. The third kappa shape index (κ3) is 5.60. The van der Waals surface area contributed by atoms with Crippen molar-refractivity contribution >= 4 is 5.91 Å². The molecule has 1 unspecified atom stereocenters. The Morgan fingerprint density at radius 3 is 2.31 bits per heavy atom. The molecule has 4 heteroatoms. The van der Waals surface area contributed by atoms with Crippen LogP contribution in [0.2, 0.25) is 0 Å². The quantitative estimate of drug-likeness (QED) is 0.538. The fourth-order valence-corrected chi connectivity index (χ4v) is 0.985. The molecule has 0 aliphatic carbocycles. The van der Waals surface area contributed by atoms with Crippen LogP contribution in [0.5, 0.6) is 0 Å². The van der Waals surface area contributed by atoms with Gasteiger partial charge in [-0.05, 0) is 13.3 Å². The largest absolute Gasteiger partial charge is 0.340 e. The van der Waals surface area contributed by atoms with E-state index in [-0.39, 0.29) is 18.1 Å². The molecule has 0 saturated carbocycles. The summed E-state index contributed by atoms with van der Waals surface area (Å²) in [5, 5.41) is 5.82. The van der Waals surface area contributed by atoms with Crippen molar-refractivity contribution in [2.24, 2.45) is 5.73 Å². The molecule has 0 aromatic rings. The lowest BCUT2D eigenvalue weighted by Gasteiger charge is -2.19. The number of carbonyl (C=O) groups is 1. The normalized spacial score (nSPS) is 15.5. The molecule has 4 nitrogen and oxygen atoms in total. The van der Waals surface area contributed by atoms with Crippen molar-refractivity contribution in [2.45, 2.75) is 52.4 Å². The highest BCUT2D eigenvalue weighted by Gasteiger charge is 2.14. The van der Waals surface area contributed by atoms with Gasteiger partial charge in [-0.2, -0.15) is 0 Å². The highest BCUT2D eigenvalue weighted by molar-refractivity contribution is 5.81. The number of amides is 1. The maximum atomic E-state index is 11.4. The Labute approximate surface area is 80.3 Å². The summed E-state index contributed by atoms with van der Waals surface area (Å²) in [7, 11) is 0. The van der Waals surface area contributed by atoms with Crippen LogP contribution < -0.4 is 16.4 Å². The molecule has 78 valence electrons. The molecule has 0 rings (SSSR count). The Hall–Kier alpha value is -0.610. The van der Waals surface area contributed by atoms with Crippen LogP contribution in [-0.4, -0.2) is 24.2 Å². The number of hydrogen-bond acceptors (Lipinski definition) is 3. The lowest BCUT2D eigenvalue weighted by molar-refractivity contribution is -0.123. The third-order valence-corrected chi connectivity index (χ3v) is 1.74. The summed E-state index contributed by atoms with van der Waals surface area (Å²) in [6.07, 6.45) is 0.518. The average molecular weight is 187 g/mol. The Kier molecular flexibility index (Phi) is 5.66. The number of nitrogens with one attached hydrogen (secondary N) is 2. The first-order valence-corrected chi connectivity index (χ1v) is 4.79. The Morgan fingerprint density at radius 2 is 1.92 bits per heavy atom. The Balaban J connectivity index is 3.82. The summed E-state index contributed by atoms with van der Waals surface area (Å²) in [4.78, 5) is 11.4. The second-order valence-corrected chi connectivity index (χ2v) is 3.57. The smallest absolute Gasteiger partial charge is 0.238 e. The van der Waals surface area contributed by atoms with E-state index in [2.05, 4.69) is 10.6 Å². The molecular formula is C9H21N3O. The highest BCUT2D eigenvalue weighted by atomic mass is 16.2. The first-order valence-electron chi connectivity index (χ1n) is 4.79. The maximum absolute atomic E-state index is 11.4. The van der Waals surface area contributed by atoms with Gasteiger partial charge in [0.1, 0.15) is 0 Å². The van der Waals surface area contributed by atoms with Crippen LogP contribution >= 0.6 is 0 Å². The van der Waals surface area contributed by atoms with Crippen molar-refractivity contribution in [3.63, 3.8) is 0 Å². The zero-order chi connectivity index (χ0) is 10.4. The van der Waals surface area contributed by atoms with E-state index < -0.39 is 0 Å². The fraction of sp³-hybridized carbons (Fsp3) is 0.889. The van der Waals surface area contributed by atoms with E-state index in [0.29, 0.717) is 6.04 Å². The van der Waals surface area contributed by atoms with Gasteiger partial charge in [0, 0.05) is 6.04 Å². The van der Waals surface area contributed by atoms with Gasteiger partial charge in [0.25, 0.3) is 0 Å². The molecule has 0 bridgehead atoms. The predicted molar refractivity (Wildman–Crippen MR) is 54.1 cm³/mol. The van der Waals surface area contributed by atoms with E-state index in [9.17, 15) is 4.79 Å². The molecule has 4 N–H and O–H groups in total. The van der Waals surface area contributed by atoms with Gasteiger partial charge in [0.15, 0.2) is 0 Å². The summed E-state index contributed by atoms with van der Waals surface area (Å²) in [5.74, 6) is -0.0388. The van der Waals surface area contributed by atoms with E-state index in [1.54, 1.807) is 0 Å². The molecule has 0 aromatic heterocycles. The fourth-order valence-electron chi connectivity index (χ4n) is 0.985. The van der Waals surface area contributed by atoms with Crippen LogP contribution in [0.3, 0.4) is 0 Å². The van der Waals surface area contributed by atoms with E-state index in [4.69, 9.17) is 5.73 Å². The van der Waals surface area contributed by atoms with Gasteiger partial charge in [-0.3, -0.25) is 4.79 Å². The van der Waals surface area contributed by atoms with E-state index in [1.165, 1.54) is 0 Å². The molecule has 0 aliphatic heterocycles. The Bertz CT molecular complexity index is 159. The summed E-state index contributed by atoms with van der Waals surface area (Å²) >= 11 is 0. The maximum Gasteiger partial charge on any atom is 0.238 e. The molecule has 2 atom stereocenters. The van der Waals surface area contributed by atoms with Crippen molar-refractivity contribution in [1.29, 1.82) is 0 Å². The second kappa shape index (κ2) is 5.94. The number of carbonyl (C=O) groups excluding carboxylic acids is 1. The van der Waals surface area contributed by atoms with Crippen LogP contribution in [0.25, 0.3) is 0 Å². The van der Waals surface area contributed by atoms with Crippen LogP contribution in [0.4, 0.5) is 0 Å². The minimum Gasteiger partial charge on any atom is -0.340 e. The number of rotatable bonds is 5. The van der Waals surface area contributed by atoms with Gasteiger partial charge >= 0.3 is 0 Å². The van der Waals surface area contributed by atoms with E-state index in [1.807, 2.05) is 27.7 Å². The van der Waals surface area contributed by atoms with Crippen molar-refractivity contribution in [2.75, 3.05) is 0 Å². The van der Waals surface area contributed by atoms with Crippen molar-refractivity contribution in [3.8, 4) is 0 Å². The second-order valence-electron chi connectivity index (χ2n) is 3.57. The minimum atomic E-state index is -0.232. The van der Waals surface area contributed by atoms with Crippen LogP contribution in [-0.2, 0) is 4.79 Å². The lowest BCUT2D eigenvalue weighted by atomic mass is 10.2. The highest BCUT2D eigenvalue weighted by Crippen LogP contribution is 1.88. The molecule has 1 amide bonds. The van der Waals surface area contributed by atoms with Crippen molar-refractivity contribution < 1.29 is 4.79 Å². The molecule has 0 radical (unpaired) electrons. The van der Waals surface area contributed by atoms with Gasteiger partial charge < -0.3 is 16.4 Å². The molecule has 13 heavy (non-hydrogen) atoms. The van der Waals surface area contributed by atoms with Gasteiger partial charge in [0.2, 0.25) is 5.91 Å². The van der Waals surface area contributed by atoms with Crippen LogP contribution in [0, 0.1) is 0 Å². The molecule has 0 aliphatic rings. The number of hydrogen-bond donors (Lipinski definition) is 3. The number of nitrogens with two attached hydrogens (primary N) is 1. The molecule has 0 spiro atoms. The Morgan fingerprint density at radius 1 is 1.38 bits per heavy atom. The van der Waals surface area contributed by atoms with Gasteiger partial charge in [0.05, 0.1) is 12.2 Å². The summed E-state index contributed by atoms with van der Waals surface area (Å²) in [5.41, 5.74) is 5.58. The minimum absolute atomic E-state index is 0.0388. The van der Waals surface area contributed by atoms with Crippen molar-refractivity contribution in [3.05, 3.63) is 0 Å². The third-order valence-electron chi connectivity index (χ3n) is 1.74. The first kappa shape index (κ1) is 12.4. The van der Waals surface area contributed by atoms with Gasteiger partial charge in [-0.1, -0.05) is 20.8 Å². The first-order chi connectivity index (χ1) is 5.97. The standard InChI is InChI=1S/C9H21N3O/c1-5-8(10)12-9(13)7(4)11-6(2)3/h6-8,11H,5,10H2,1-4H3,(H,12,13)/t7-,8?/m0/s1. The molecule has 0 fully saturated rings. The molecular weight excluding hydrogens is 166 g/mol. The molecule has 0 aromatic carbocycles. The van der Waals surface area contributed by atoms with Crippen LogP contribution in [0.15, 0.2) is 0 Å². The summed E-state index contributed by atoms with van der Waals surface area (Å²) < 4.78 is 0. The van der Waals surface area contributed by atoms with Crippen LogP contribution in [0.1, 0.15) is 34.1 Å².